The normalized spacial score (nSPS) is 20.1. The number of amides is 1. The number of hydrogen-bond donors (Lipinski definition) is 2. The number of rotatable bonds is 11. The number of carbonyl (C=O) groups excluding carboxylic acids is 1. The molecule has 1 amide bonds. The van der Waals surface area contributed by atoms with Crippen LogP contribution in [0.4, 0.5) is 5.69 Å². The molecule has 0 aromatic heterocycles. The van der Waals surface area contributed by atoms with Crippen molar-refractivity contribution in [1.82, 2.24) is 10.4 Å². The van der Waals surface area contributed by atoms with Crippen molar-refractivity contribution in [3.63, 3.8) is 0 Å². The SMILES string of the molecule is [N-]=[N+]=Nc1ccccc1[C@@H]1OC(c2ccc(OCCCO)cc2)=N[C@]1(Cc1ccc(Br)cc1)C(=O)NN1CCCC1. The third-order valence-corrected chi connectivity index (χ3v) is 7.68. The molecule has 10 nitrogen and oxygen atoms in total. The molecule has 0 spiro atoms. The quantitative estimate of drug-likeness (QED) is 0.122. The van der Waals surface area contributed by atoms with Gasteiger partial charge in [0.2, 0.25) is 5.90 Å². The lowest BCUT2D eigenvalue weighted by Gasteiger charge is -2.33. The molecule has 1 fully saturated rings. The molecule has 0 saturated carbocycles. The molecule has 2 heterocycles. The average molecular weight is 620 g/mol. The molecule has 2 aliphatic heterocycles. The molecule has 5 rings (SSSR count). The van der Waals surface area contributed by atoms with Crippen molar-refractivity contribution in [2.45, 2.75) is 37.3 Å². The second-order valence-corrected chi connectivity index (χ2v) is 10.9. The molecule has 41 heavy (non-hydrogen) atoms. The van der Waals surface area contributed by atoms with Gasteiger partial charge in [0.1, 0.15) is 5.75 Å². The van der Waals surface area contributed by atoms with Crippen molar-refractivity contribution in [1.29, 1.82) is 0 Å². The van der Waals surface area contributed by atoms with Crippen molar-refractivity contribution in [2.24, 2.45) is 10.1 Å². The van der Waals surface area contributed by atoms with E-state index >= 15 is 0 Å². The Morgan fingerprint density at radius 3 is 2.59 bits per heavy atom. The Hall–Kier alpha value is -3.89. The van der Waals surface area contributed by atoms with Crippen molar-refractivity contribution in [3.8, 4) is 5.75 Å². The zero-order valence-corrected chi connectivity index (χ0v) is 24.0. The number of aliphatic hydroxyl groups is 1. The molecule has 0 bridgehead atoms. The molecule has 3 aromatic rings. The van der Waals surface area contributed by atoms with E-state index in [1.54, 1.807) is 24.3 Å². The highest BCUT2D eigenvalue weighted by Gasteiger charge is 2.54. The maximum absolute atomic E-state index is 14.3. The Kier molecular flexibility index (Phi) is 9.21. The molecule has 1 saturated heterocycles. The monoisotopic (exact) mass is 618 g/mol. The van der Waals surface area contributed by atoms with Crippen LogP contribution in [0.15, 0.2) is 87.4 Å². The first-order valence-corrected chi connectivity index (χ1v) is 14.4. The Bertz CT molecular complexity index is 1440. The summed E-state index contributed by atoms with van der Waals surface area (Å²) in [4.78, 5) is 22.4. The fourth-order valence-electron chi connectivity index (χ4n) is 5.09. The summed E-state index contributed by atoms with van der Waals surface area (Å²) in [7, 11) is 0. The number of aliphatic imine (C=N–C) groups is 1. The van der Waals surface area contributed by atoms with E-state index in [4.69, 9.17) is 19.6 Å². The lowest BCUT2D eigenvalue weighted by atomic mass is 9.81. The van der Waals surface area contributed by atoms with E-state index in [9.17, 15) is 10.3 Å². The minimum Gasteiger partial charge on any atom is -0.494 e. The molecule has 2 N–H and O–H groups in total. The van der Waals surface area contributed by atoms with Gasteiger partial charge in [-0.2, -0.15) is 0 Å². The molecular formula is C30H31BrN6O4. The highest BCUT2D eigenvalue weighted by molar-refractivity contribution is 9.10. The maximum atomic E-state index is 14.3. The highest BCUT2D eigenvalue weighted by Crippen LogP contribution is 2.45. The minimum atomic E-state index is -1.40. The van der Waals surface area contributed by atoms with E-state index in [0.717, 1.165) is 36.0 Å². The number of aliphatic hydroxyl groups excluding tert-OH is 1. The minimum absolute atomic E-state index is 0.0569. The predicted octanol–water partition coefficient (Wildman–Crippen LogP) is 5.78. The summed E-state index contributed by atoms with van der Waals surface area (Å²) in [6, 6.07) is 22.2. The van der Waals surface area contributed by atoms with Crippen molar-refractivity contribution in [2.75, 3.05) is 26.3 Å². The number of carbonyl (C=O) groups is 1. The van der Waals surface area contributed by atoms with Crippen LogP contribution in [0.25, 0.3) is 10.4 Å². The third-order valence-electron chi connectivity index (χ3n) is 7.15. The van der Waals surface area contributed by atoms with Gasteiger partial charge in [-0.05, 0) is 60.3 Å². The van der Waals surface area contributed by atoms with Gasteiger partial charge < -0.3 is 14.6 Å². The van der Waals surface area contributed by atoms with Gasteiger partial charge in [-0.15, -0.1) is 0 Å². The summed E-state index contributed by atoms with van der Waals surface area (Å²) in [5.74, 6) is 0.669. The van der Waals surface area contributed by atoms with Gasteiger partial charge in [-0.1, -0.05) is 57.4 Å². The van der Waals surface area contributed by atoms with E-state index in [-0.39, 0.29) is 18.9 Å². The van der Waals surface area contributed by atoms with E-state index in [1.165, 1.54) is 0 Å². The fourth-order valence-corrected chi connectivity index (χ4v) is 5.35. The molecule has 3 aromatic carbocycles. The number of nitrogens with zero attached hydrogens (tertiary/aromatic N) is 5. The van der Waals surface area contributed by atoms with Crippen LogP contribution in [-0.4, -0.2) is 53.8 Å². The van der Waals surface area contributed by atoms with Gasteiger partial charge in [0.25, 0.3) is 5.91 Å². The van der Waals surface area contributed by atoms with Gasteiger partial charge in [-0.3, -0.25) is 10.2 Å². The Labute approximate surface area is 246 Å². The van der Waals surface area contributed by atoms with Gasteiger partial charge in [0, 0.05) is 58.7 Å². The van der Waals surface area contributed by atoms with E-state index < -0.39 is 11.6 Å². The second kappa shape index (κ2) is 13.2. The molecular weight excluding hydrogens is 588 g/mol. The van der Waals surface area contributed by atoms with Crippen LogP contribution >= 0.6 is 15.9 Å². The van der Waals surface area contributed by atoms with Crippen LogP contribution in [0.1, 0.15) is 42.1 Å². The lowest BCUT2D eigenvalue weighted by molar-refractivity contribution is -0.133. The standard InChI is InChI=1S/C30H31BrN6O4/c31-23-12-8-21(9-13-23)20-30(29(39)35-37-16-3-4-17-37)27(25-6-1-2-7-26(25)34-36-32)41-28(33-30)22-10-14-24(15-11-22)40-19-5-18-38/h1-2,6-15,27,38H,3-5,16-20H2,(H,35,39)/t27-,30-/m0/s1. The van der Waals surface area contributed by atoms with Crippen LogP contribution < -0.4 is 10.2 Å². The highest BCUT2D eigenvalue weighted by atomic mass is 79.9. The van der Waals surface area contributed by atoms with Crippen LogP contribution in [0.2, 0.25) is 0 Å². The number of azide groups is 1. The largest absolute Gasteiger partial charge is 0.494 e. The smallest absolute Gasteiger partial charge is 0.266 e. The number of hydrogen-bond acceptors (Lipinski definition) is 7. The van der Waals surface area contributed by atoms with Crippen molar-refractivity contribution >= 4 is 33.4 Å². The topological polar surface area (TPSA) is 132 Å². The predicted molar refractivity (Wildman–Crippen MR) is 159 cm³/mol. The van der Waals surface area contributed by atoms with Crippen LogP contribution in [0, 0.1) is 0 Å². The van der Waals surface area contributed by atoms with Crippen molar-refractivity contribution < 1.29 is 19.4 Å². The zero-order valence-electron chi connectivity index (χ0n) is 22.4. The van der Waals surface area contributed by atoms with Gasteiger partial charge in [0.15, 0.2) is 11.6 Å². The maximum Gasteiger partial charge on any atom is 0.266 e. The van der Waals surface area contributed by atoms with Gasteiger partial charge >= 0.3 is 0 Å². The molecule has 11 heteroatoms. The molecule has 2 atom stereocenters. The summed E-state index contributed by atoms with van der Waals surface area (Å²) in [6.45, 7) is 1.98. The molecule has 0 radical (unpaired) electrons. The Balaban J connectivity index is 1.60. The summed E-state index contributed by atoms with van der Waals surface area (Å²) in [5, 5.41) is 14.9. The number of hydrazine groups is 1. The summed E-state index contributed by atoms with van der Waals surface area (Å²) < 4.78 is 13.2. The number of halogens is 1. The molecule has 2 aliphatic rings. The molecule has 0 unspecified atom stereocenters. The van der Waals surface area contributed by atoms with Gasteiger partial charge in [-0.25, -0.2) is 10.0 Å². The second-order valence-electron chi connectivity index (χ2n) is 9.98. The van der Waals surface area contributed by atoms with Crippen LogP contribution in [0.5, 0.6) is 5.75 Å². The van der Waals surface area contributed by atoms with E-state index in [0.29, 0.717) is 41.5 Å². The average Bonchev–Trinajstić information content (AvgIpc) is 3.64. The summed E-state index contributed by atoms with van der Waals surface area (Å²) in [5.41, 5.74) is 13.5. The van der Waals surface area contributed by atoms with E-state index in [2.05, 4.69) is 31.4 Å². The Morgan fingerprint density at radius 2 is 1.88 bits per heavy atom. The Morgan fingerprint density at radius 1 is 1.15 bits per heavy atom. The van der Waals surface area contributed by atoms with Crippen molar-refractivity contribution in [3.05, 3.63) is 104 Å². The first-order chi connectivity index (χ1) is 20.0. The summed E-state index contributed by atoms with van der Waals surface area (Å²) in [6.07, 6.45) is 1.92. The number of nitrogens with one attached hydrogen (secondary N) is 1. The lowest BCUT2D eigenvalue weighted by Crippen LogP contribution is -2.54. The van der Waals surface area contributed by atoms with Crippen LogP contribution in [0.3, 0.4) is 0 Å². The van der Waals surface area contributed by atoms with E-state index in [1.807, 2.05) is 53.5 Å². The number of benzene rings is 3. The molecule has 0 aliphatic carbocycles. The first kappa shape index (κ1) is 28.6. The third kappa shape index (κ3) is 6.55. The fraction of sp³-hybridized carbons (Fsp3) is 0.333. The van der Waals surface area contributed by atoms with Crippen LogP contribution in [-0.2, 0) is 16.0 Å². The zero-order chi connectivity index (χ0) is 28.7. The first-order valence-electron chi connectivity index (χ1n) is 13.6. The van der Waals surface area contributed by atoms with Gasteiger partial charge in [0.05, 0.1) is 6.61 Å². The number of ether oxygens (including phenoxy) is 2. The summed E-state index contributed by atoms with van der Waals surface area (Å²) >= 11 is 3.49. The molecule has 212 valence electrons.